The summed E-state index contributed by atoms with van der Waals surface area (Å²) in [4.78, 5) is 22.1. The van der Waals surface area contributed by atoms with E-state index in [0.29, 0.717) is 5.39 Å². The Hall–Kier alpha value is -2.24. The third-order valence-corrected chi connectivity index (χ3v) is 2.10. The fourth-order valence-electron chi connectivity index (χ4n) is 1.39. The molecule has 1 heterocycles. The Bertz CT molecular complexity index is 621. The maximum Gasteiger partial charge on any atom is 0.325 e. The molecule has 0 radical (unpaired) electrons. The maximum absolute atomic E-state index is 12.9. The number of benzene rings is 1. The Morgan fingerprint density at radius 1 is 1.50 bits per heavy atom. The summed E-state index contributed by atoms with van der Waals surface area (Å²) in [5.41, 5.74) is -0.612. The zero-order valence-electron chi connectivity index (χ0n) is 8.05. The lowest BCUT2D eigenvalue weighted by Gasteiger charge is -2.02. The molecule has 1 aromatic carbocycles. The molecule has 0 aliphatic rings. The third kappa shape index (κ3) is 1.77. The van der Waals surface area contributed by atoms with Gasteiger partial charge in [0.15, 0.2) is 0 Å². The zero-order valence-corrected chi connectivity index (χ0v) is 8.05. The lowest BCUT2D eigenvalue weighted by Crippen LogP contribution is -2.26. The largest absolute Gasteiger partial charge is 0.480 e. The van der Waals surface area contributed by atoms with Gasteiger partial charge >= 0.3 is 5.97 Å². The van der Waals surface area contributed by atoms with Crippen LogP contribution in [0.5, 0.6) is 0 Å². The van der Waals surface area contributed by atoms with Gasteiger partial charge < -0.3 is 5.11 Å². The fraction of sp³-hybridized carbons (Fsp3) is 0.100. The van der Waals surface area contributed by atoms with Crippen molar-refractivity contribution in [2.24, 2.45) is 0 Å². The van der Waals surface area contributed by atoms with Gasteiger partial charge in [0.2, 0.25) is 0 Å². The number of halogens is 1. The summed E-state index contributed by atoms with van der Waals surface area (Å²) in [5, 5.41) is 12.8. The Kier molecular flexibility index (Phi) is 2.40. The number of aliphatic carboxylic acids is 1. The molecule has 16 heavy (non-hydrogen) atoms. The Morgan fingerprint density at radius 2 is 2.25 bits per heavy atom. The van der Waals surface area contributed by atoms with E-state index in [4.69, 9.17) is 5.11 Å². The molecule has 5 nitrogen and oxygen atoms in total. The number of carboxylic acid groups (broad SMARTS) is 1. The highest BCUT2D eigenvalue weighted by Crippen LogP contribution is 2.09. The topological polar surface area (TPSA) is 72.2 Å². The fourth-order valence-corrected chi connectivity index (χ4v) is 1.39. The monoisotopic (exact) mass is 222 g/mol. The summed E-state index contributed by atoms with van der Waals surface area (Å²) in [6.07, 6.45) is 1.33. The van der Waals surface area contributed by atoms with Gasteiger partial charge in [-0.3, -0.25) is 9.59 Å². The number of aromatic nitrogens is 2. The van der Waals surface area contributed by atoms with Crippen molar-refractivity contribution in [1.82, 2.24) is 9.78 Å². The van der Waals surface area contributed by atoms with Gasteiger partial charge in [0.05, 0.1) is 11.6 Å². The zero-order chi connectivity index (χ0) is 11.7. The number of rotatable bonds is 2. The summed E-state index contributed by atoms with van der Waals surface area (Å²) >= 11 is 0. The average molecular weight is 222 g/mol. The molecule has 1 N–H and O–H groups in total. The van der Waals surface area contributed by atoms with Gasteiger partial charge in [-0.2, -0.15) is 5.10 Å². The van der Waals surface area contributed by atoms with E-state index in [1.807, 2.05) is 0 Å². The van der Waals surface area contributed by atoms with Crippen molar-refractivity contribution in [3.8, 4) is 0 Å². The van der Waals surface area contributed by atoms with Crippen molar-refractivity contribution in [3.05, 3.63) is 40.6 Å². The summed E-state index contributed by atoms with van der Waals surface area (Å²) < 4.78 is 13.7. The Morgan fingerprint density at radius 3 is 2.94 bits per heavy atom. The highest BCUT2D eigenvalue weighted by Gasteiger charge is 2.07. The molecule has 0 saturated heterocycles. The number of carboxylic acids is 1. The van der Waals surface area contributed by atoms with E-state index < -0.39 is 23.9 Å². The first-order valence-corrected chi connectivity index (χ1v) is 4.45. The van der Waals surface area contributed by atoms with E-state index in [1.54, 1.807) is 0 Å². The van der Waals surface area contributed by atoms with Crippen molar-refractivity contribution < 1.29 is 14.3 Å². The van der Waals surface area contributed by atoms with Gasteiger partial charge in [0.25, 0.3) is 5.56 Å². The molecular weight excluding hydrogens is 215 g/mol. The van der Waals surface area contributed by atoms with Crippen molar-refractivity contribution >= 4 is 16.7 Å². The molecular formula is C10H7FN2O3. The van der Waals surface area contributed by atoms with Crippen molar-refractivity contribution in [3.63, 3.8) is 0 Å². The van der Waals surface area contributed by atoms with Gasteiger partial charge in [-0.1, -0.05) is 0 Å². The molecule has 0 aliphatic heterocycles. The number of carbonyl (C=O) groups is 1. The molecule has 0 bridgehead atoms. The molecule has 1 aromatic heterocycles. The molecule has 2 aromatic rings. The summed E-state index contributed by atoms with van der Waals surface area (Å²) in [5.74, 6) is -1.72. The molecule has 82 valence electrons. The number of nitrogens with zero attached hydrogens (tertiary/aromatic N) is 2. The minimum absolute atomic E-state index is 0.122. The second kappa shape index (κ2) is 3.73. The first-order chi connectivity index (χ1) is 7.58. The molecule has 0 amide bonds. The van der Waals surface area contributed by atoms with Crippen LogP contribution in [0.1, 0.15) is 0 Å². The van der Waals surface area contributed by atoms with Crippen molar-refractivity contribution in [1.29, 1.82) is 0 Å². The first-order valence-electron chi connectivity index (χ1n) is 4.45. The van der Waals surface area contributed by atoms with E-state index in [0.717, 1.165) is 10.7 Å². The number of fused-ring (bicyclic) bond motifs is 1. The maximum atomic E-state index is 12.9. The molecule has 2 rings (SSSR count). The van der Waals surface area contributed by atoms with Gasteiger partial charge in [0, 0.05) is 5.39 Å². The molecule has 6 heteroatoms. The standard InChI is InChI=1S/C10H7FN2O3/c11-7-2-1-6-4-12-13(5-9(14)15)10(16)8(6)3-7/h1-4H,5H2,(H,14,15). The van der Waals surface area contributed by atoms with Crippen molar-refractivity contribution in [2.75, 3.05) is 0 Å². The summed E-state index contributed by atoms with van der Waals surface area (Å²) in [7, 11) is 0. The van der Waals surface area contributed by atoms with E-state index in [2.05, 4.69) is 5.10 Å². The molecule has 0 spiro atoms. The van der Waals surface area contributed by atoms with Crippen LogP contribution in [0.25, 0.3) is 10.8 Å². The lowest BCUT2D eigenvalue weighted by molar-refractivity contribution is -0.137. The van der Waals surface area contributed by atoms with Crippen LogP contribution >= 0.6 is 0 Å². The second-order valence-corrected chi connectivity index (χ2v) is 3.23. The third-order valence-electron chi connectivity index (χ3n) is 2.10. The normalized spacial score (nSPS) is 10.6. The number of hydrogen-bond donors (Lipinski definition) is 1. The van der Waals surface area contributed by atoms with Crippen LogP contribution < -0.4 is 5.56 Å². The Labute approximate surface area is 88.7 Å². The van der Waals surface area contributed by atoms with E-state index >= 15 is 0 Å². The minimum Gasteiger partial charge on any atom is -0.480 e. The van der Waals surface area contributed by atoms with Crippen LogP contribution in [0.15, 0.2) is 29.2 Å². The highest BCUT2D eigenvalue weighted by atomic mass is 19.1. The first kappa shape index (κ1) is 10.3. The predicted octanol–water partition coefficient (Wildman–Crippen LogP) is 0.620. The lowest BCUT2D eigenvalue weighted by atomic mass is 10.2. The summed E-state index contributed by atoms with van der Waals surface area (Å²) in [6.45, 7) is -0.536. The van der Waals surface area contributed by atoms with Gasteiger partial charge in [-0.25, -0.2) is 9.07 Å². The van der Waals surface area contributed by atoms with E-state index in [1.165, 1.54) is 18.3 Å². The smallest absolute Gasteiger partial charge is 0.325 e. The van der Waals surface area contributed by atoms with Crippen LogP contribution in [0.2, 0.25) is 0 Å². The van der Waals surface area contributed by atoms with Crippen LogP contribution in [0.3, 0.4) is 0 Å². The highest BCUT2D eigenvalue weighted by molar-refractivity contribution is 5.80. The molecule has 0 unspecified atom stereocenters. The second-order valence-electron chi connectivity index (χ2n) is 3.23. The minimum atomic E-state index is -1.18. The van der Waals surface area contributed by atoms with Crippen LogP contribution in [0.4, 0.5) is 4.39 Å². The number of hydrogen-bond acceptors (Lipinski definition) is 3. The molecule has 0 aliphatic carbocycles. The molecule has 0 saturated carbocycles. The van der Waals surface area contributed by atoms with Crippen LogP contribution in [-0.4, -0.2) is 20.9 Å². The molecule has 0 atom stereocenters. The van der Waals surface area contributed by atoms with Crippen molar-refractivity contribution in [2.45, 2.75) is 6.54 Å². The van der Waals surface area contributed by atoms with Gasteiger partial charge in [0.1, 0.15) is 12.4 Å². The van der Waals surface area contributed by atoms with Gasteiger partial charge in [-0.05, 0) is 18.2 Å². The SMILES string of the molecule is O=C(O)Cn1ncc2ccc(F)cc2c1=O. The van der Waals surface area contributed by atoms with E-state index in [-0.39, 0.29) is 5.39 Å². The average Bonchev–Trinajstić information content (AvgIpc) is 2.22. The molecule has 0 fully saturated rings. The van der Waals surface area contributed by atoms with E-state index in [9.17, 15) is 14.0 Å². The van der Waals surface area contributed by atoms with Crippen LogP contribution in [0, 0.1) is 5.82 Å². The Balaban J connectivity index is 2.68. The van der Waals surface area contributed by atoms with Crippen LogP contribution in [-0.2, 0) is 11.3 Å². The van der Waals surface area contributed by atoms with Gasteiger partial charge in [-0.15, -0.1) is 0 Å². The summed E-state index contributed by atoms with van der Waals surface area (Å²) in [6, 6.07) is 3.70. The quantitative estimate of drug-likeness (QED) is 0.808. The predicted molar refractivity (Wildman–Crippen MR) is 53.6 cm³/mol.